The van der Waals surface area contributed by atoms with Gasteiger partial charge in [-0.05, 0) is 36.6 Å². The number of H-pyrrole nitrogens is 1. The summed E-state index contributed by atoms with van der Waals surface area (Å²) in [6.45, 7) is 0. The van der Waals surface area contributed by atoms with Crippen molar-refractivity contribution < 1.29 is 9.59 Å². The van der Waals surface area contributed by atoms with Gasteiger partial charge in [-0.25, -0.2) is 4.98 Å². The number of primary amides is 1. The first kappa shape index (κ1) is 18.9. The van der Waals surface area contributed by atoms with Gasteiger partial charge in [0.05, 0.1) is 11.1 Å². The van der Waals surface area contributed by atoms with Gasteiger partial charge < -0.3 is 16.0 Å². The van der Waals surface area contributed by atoms with Crippen molar-refractivity contribution in [2.45, 2.75) is 31.1 Å². The monoisotopic (exact) mass is 458 g/mol. The van der Waals surface area contributed by atoms with Crippen molar-refractivity contribution in [2.24, 2.45) is 5.73 Å². The molecular formula is C20H19BrN4O2S. The number of aromatic amines is 1. The molecule has 0 radical (unpaired) electrons. The van der Waals surface area contributed by atoms with E-state index in [1.54, 1.807) is 12.3 Å². The number of benzene rings is 1. The van der Waals surface area contributed by atoms with Crippen LogP contribution in [0.3, 0.4) is 0 Å². The fourth-order valence-corrected chi connectivity index (χ4v) is 4.74. The molecule has 0 unspecified atom stereocenters. The Labute approximate surface area is 174 Å². The highest BCUT2D eigenvalue weighted by Gasteiger charge is 2.42. The van der Waals surface area contributed by atoms with Crippen LogP contribution in [0.4, 0.5) is 5.13 Å². The van der Waals surface area contributed by atoms with E-state index in [1.165, 1.54) is 11.3 Å². The van der Waals surface area contributed by atoms with E-state index in [0.29, 0.717) is 16.5 Å². The number of aromatic nitrogens is 2. The summed E-state index contributed by atoms with van der Waals surface area (Å²) in [5.74, 6) is -0.534. The summed E-state index contributed by atoms with van der Waals surface area (Å²) in [7, 11) is 0. The number of nitrogens with zero attached hydrogens (tertiary/aromatic N) is 1. The fraction of sp³-hybridized carbons (Fsp3) is 0.250. The predicted octanol–water partition coefficient (Wildman–Crippen LogP) is 4.45. The number of amides is 2. The number of nitrogens with one attached hydrogen (secondary N) is 2. The summed E-state index contributed by atoms with van der Waals surface area (Å²) < 4.78 is 0.996. The number of carbonyl (C=O) groups is 2. The van der Waals surface area contributed by atoms with Gasteiger partial charge in [-0.1, -0.05) is 40.9 Å². The molecule has 28 heavy (non-hydrogen) atoms. The van der Waals surface area contributed by atoms with E-state index in [9.17, 15) is 9.59 Å². The van der Waals surface area contributed by atoms with Gasteiger partial charge in [0, 0.05) is 21.6 Å². The van der Waals surface area contributed by atoms with Gasteiger partial charge in [-0.15, -0.1) is 11.3 Å². The molecule has 4 rings (SSSR count). The number of nitrogens with two attached hydrogens (primary N) is 1. The van der Waals surface area contributed by atoms with Crippen molar-refractivity contribution in [1.82, 2.24) is 9.97 Å². The minimum Gasteiger partial charge on any atom is -0.364 e. The van der Waals surface area contributed by atoms with Gasteiger partial charge in [0.15, 0.2) is 5.13 Å². The minimum atomic E-state index is -0.521. The molecule has 2 heterocycles. The molecule has 1 aliphatic rings. The molecule has 4 N–H and O–H groups in total. The molecule has 1 saturated carbocycles. The Hall–Kier alpha value is -2.45. The van der Waals surface area contributed by atoms with Crippen LogP contribution < -0.4 is 11.1 Å². The summed E-state index contributed by atoms with van der Waals surface area (Å²) in [5.41, 5.74) is 7.58. The average molecular weight is 459 g/mol. The maximum Gasteiger partial charge on any atom is 0.265 e. The van der Waals surface area contributed by atoms with Crippen molar-refractivity contribution >= 4 is 44.2 Å². The third-order valence-corrected chi connectivity index (χ3v) is 6.54. The maximum atomic E-state index is 13.2. The molecule has 6 nitrogen and oxygen atoms in total. The number of rotatable bonds is 5. The number of halogens is 1. The number of hydrogen-bond donors (Lipinski definition) is 3. The molecule has 0 spiro atoms. The molecule has 0 bridgehead atoms. The first-order chi connectivity index (χ1) is 13.5. The van der Waals surface area contributed by atoms with Gasteiger partial charge in [0.1, 0.15) is 5.69 Å². The lowest BCUT2D eigenvalue weighted by Crippen LogP contribution is -2.37. The van der Waals surface area contributed by atoms with E-state index >= 15 is 0 Å². The summed E-state index contributed by atoms with van der Waals surface area (Å²) in [4.78, 5) is 31.8. The summed E-state index contributed by atoms with van der Waals surface area (Å²) >= 11 is 4.82. The Balaban J connectivity index is 1.56. The van der Waals surface area contributed by atoms with E-state index in [1.807, 2.05) is 29.6 Å². The lowest BCUT2D eigenvalue weighted by molar-refractivity contribution is -0.121. The molecule has 144 valence electrons. The van der Waals surface area contributed by atoms with Crippen LogP contribution in [0, 0.1) is 0 Å². The molecule has 1 aliphatic carbocycles. The SMILES string of the molecule is NC(=O)c1cc(-c2csc(NC(=O)C3(c4ccc(Br)cc4)CCCC3)n2)c[nH]1. The van der Waals surface area contributed by atoms with Crippen molar-refractivity contribution in [3.05, 3.63) is 57.6 Å². The Bertz CT molecular complexity index is 1020. The number of hydrogen-bond acceptors (Lipinski definition) is 4. The van der Waals surface area contributed by atoms with Crippen LogP contribution in [0.25, 0.3) is 11.3 Å². The molecule has 1 fully saturated rings. The Morgan fingerprint density at radius 1 is 1.21 bits per heavy atom. The van der Waals surface area contributed by atoms with Crippen LogP contribution in [0.2, 0.25) is 0 Å². The van der Waals surface area contributed by atoms with Crippen LogP contribution in [0.5, 0.6) is 0 Å². The van der Waals surface area contributed by atoms with Gasteiger partial charge in [-0.2, -0.15) is 0 Å². The van der Waals surface area contributed by atoms with Gasteiger partial charge in [-0.3, -0.25) is 9.59 Å². The fourth-order valence-electron chi connectivity index (χ4n) is 3.76. The molecule has 2 aromatic heterocycles. The van der Waals surface area contributed by atoms with E-state index in [0.717, 1.165) is 41.3 Å². The second-order valence-electron chi connectivity index (χ2n) is 6.95. The highest BCUT2D eigenvalue weighted by molar-refractivity contribution is 9.10. The van der Waals surface area contributed by atoms with Gasteiger partial charge in [0.25, 0.3) is 5.91 Å². The molecule has 8 heteroatoms. The van der Waals surface area contributed by atoms with Crippen molar-refractivity contribution in [2.75, 3.05) is 5.32 Å². The van der Waals surface area contributed by atoms with Gasteiger partial charge in [0.2, 0.25) is 5.91 Å². The highest BCUT2D eigenvalue weighted by Crippen LogP contribution is 2.42. The van der Waals surface area contributed by atoms with Crippen LogP contribution in [-0.4, -0.2) is 21.8 Å². The predicted molar refractivity (Wildman–Crippen MR) is 113 cm³/mol. The highest BCUT2D eigenvalue weighted by atomic mass is 79.9. The van der Waals surface area contributed by atoms with Gasteiger partial charge >= 0.3 is 0 Å². The smallest absolute Gasteiger partial charge is 0.265 e. The third kappa shape index (κ3) is 3.49. The normalized spacial score (nSPS) is 15.5. The third-order valence-electron chi connectivity index (χ3n) is 5.26. The molecular weight excluding hydrogens is 440 g/mol. The standard InChI is InChI=1S/C20H19BrN4O2S/c21-14-5-3-13(4-6-14)20(7-1-2-8-20)18(27)25-19-24-16(11-28-19)12-9-15(17(22)26)23-10-12/h3-6,9-11,23H,1-2,7-8H2,(H2,22,26)(H,24,25,27). The zero-order valence-electron chi connectivity index (χ0n) is 15.0. The topological polar surface area (TPSA) is 101 Å². The Morgan fingerprint density at radius 3 is 2.57 bits per heavy atom. The quantitative estimate of drug-likeness (QED) is 0.526. The molecule has 2 amide bonds. The van der Waals surface area contributed by atoms with E-state index < -0.39 is 11.3 Å². The lowest BCUT2D eigenvalue weighted by atomic mass is 9.78. The van der Waals surface area contributed by atoms with Crippen molar-refractivity contribution in [3.8, 4) is 11.3 Å². The largest absolute Gasteiger partial charge is 0.364 e. The average Bonchev–Trinajstić information content (AvgIpc) is 3.42. The zero-order valence-corrected chi connectivity index (χ0v) is 17.4. The second-order valence-corrected chi connectivity index (χ2v) is 8.73. The van der Waals surface area contributed by atoms with Crippen LogP contribution in [-0.2, 0) is 10.2 Å². The summed E-state index contributed by atoms with van der Waals surface area (Å²) in [5, 5.41) is 5.41. The van der Waals surface area contributed by atoms with Crippen LogP contribution in [0.1, 0.15) is 41.7 Å². The van der Waals surface area contributed by atoms with Crippen molar-refractivity contribution in [3.63, 3.8) is 0 Å². The Kier molecular flexibility index (Phi) is 5.07. The van der Waals surface area contributed by atoms with E-state index in [-0.39, 0.29) is 5.91 Å². The number of thiazole rings is 1. The number of carbonyl (C=O) groups excluding carboxylic acids is 2. The molecule has 3 aromatic rings. The molecule has 1 aromatic carbocycles. The number of anilines is 1. The second kappa shape index (κ2) is 7.52. The summed E-state index contributed by atoms with van der Waals surface area (Å²) in [6.07, 6.45) is 5.41. The lowest BCUT2D eigenvalue weighted by Gasteiger charge is -2.27. The minimum absolute atomic E-state index is 0.0138. The zero-order chi connectivity index (χ0) is 19.7. The van der Waals surface area contributed by atoms with E-state index in [4.69, 9.17) is 5.73 Å². The van der Waals surface area contributed by atoms with Crippen LogP contribution in [0.15, 0.2) is 46.4 Å². The first-order valence-electron chi connectivity index (χ1n) is 8.99. The van der Waals surface area contributed by atoms with Crippen molar-refractivity contribution in [1.29, 1.82) is 0 Å². The molecule has 0 aliphatic heterocycles. The van der Waals surface area contributed by atoms with E-state index in [2.05, 4.69) is 31.2 Å². The molecule has 0 atom stereocenters. The van der Waals surface area contributed by atoms with Crippen LogP contribution >= 0.6 is 27.3 Å². The molecule has 0 saturated heterocycles. The summed E-state index contributed by atoms with van der Waals surface area (Å²) in [6, 6.07) is 9.66. The first-order valence-corrected chi connectivity index (χ1v) is 10.7. The Morgan fingerprint density at radius 2 is 1.93 bits per heavy atom. The maximum absolute atomic E-state index is 13.2.